The van der Waals surface area contributed by atoms with Gasteiger partial charge in [0.15, 0.2) is 0 Å². The lowest BCUT2D eigenvalue weighted by Crippen LogP contribution is -2.47. The second-order valence-corrected chi connectivity index (χ2v) is 7.15. The van der Waals surface area contributed by atoms with Crippen LogP contribution in [0.5, 0.6) is 0 Å². The Labute approximate surface area is 143 Å². The molecule has 2 amide bonds. The summed E-state index contributed by atoms with van der Waals surface area (Å²) in [4.78, 5) is 26.9. The monoisotopic (exact) mass is 333 g/mol. The Bertz CT molecular complexity index is 557. The quantitative estimate of drug-likeness (QED) is 0.838. The Morgan fingerprint density at radius 3 is 2.58 bits per heavy atom. The van der Waals surface area contributed by atoms with Crippen molar-refractivity contribution in [1.82, 2.24) is 19.8 Å². The van der Waals surface area contributed by atoms with Crippen LogP contribution in [0, 0.1) is 5.41 Å². The number of rotatable bonds is 3. The predicted octanol–water partition coefficient (Wildman–Crippen LogP) is 1.47. The van der Waals surface area contributed by atoms with Crippen molar-refractivity contribution in [1.29, 1.82) is 0 Å². The van der Waals surface area contributed by atoms with Crippen molar-refractivity contribution in [3.8, 4) is 0 Å². The van der Waals surface area contributed by atoms with E-state index in [1.165, 1.54) is 0 Å². The van der Waals surface area contributed by atoms with E-state index in [2.05, 4.69) is 14.9 Å². The van der Waals surface area contributed by atoms with Crippen LogP contribution in [0.4, 0.5) is 10.7 Å². The maximum Gasteiger partial charge on any atom is 0.319 e. The number of aromatic nitrogens is 2. The van der Waals surface area contributed by atoms with Crippen LogP contribution in [0.15, 0.2) is 18.5 Å². The fourth-order valence-electron chi connectivity index (χ4n) is 4.00. The lowest BCUT2D eigenvalue weighted by molar-refractivity contribution is 0.108. The number of methoxy groups -OCH3 is 1. The van der Waals surface area contributed by atoms with Crippen LogP contribution in [0.1, 0.15) is 19.3 Å². The molecule has 0 aromatic carbocycles. The van der Waals surface area contributed by atoms with Crippen molar-refractivity contribution in [3.63, 3.8) is 0 Å². The van der Waals surface area contributed by atoms with Crippen LogP contribution in [0.3, 0.4) is 0 Å². The number of nitrogens with zero attached hydrogens (tertiary/aromatic N) is 5. The molecule has 1 atom stereocenters. The van der Waals surface area contributed by atoms with Crippen molar-refractivity contribution in [2.75, 3.05) is 52.3 Å². The molecule has 132 valence electrons. The van der Waals surface area contributed by atoms with Crippen LogP contribution in [-0.4, -0.2) is 79.3 Å². The average Bonchev–Trinajstić information content (AvgIpc) is 2.94. The summed E-state index contributed by atoms with van der Waals surface area (Å²) >= 11 is 0. The maximum atomic E-state index is 12.2. The molecule has 2 saturated heterocycles. The summed E-state index contributed by atoms with van der Waals surface area (Å²) in [7, 11) is 5.37. The number of urea groups is 1. The molecule has 0 radical (unpaired) electrons. The van der Waals surface area contributed by atoms with E-state index in [1.54, 1.807) is 24.4 Å². The van der Waals surface area contributed by atoms with Gasteiger partial charge in [0.25, 0.3) is 0 Å². The molecule has 0 bridgehead atoms. The summed E-state index contributed by atoms with van der Waals surface area (Å²) < 4.78 is 5.43. The number of carbonyl (C=O) groups is 1. The van der Waals surface area contributed by atoms with Crippen molar-refractivity contribution >= 4 is 12.0 Å². The SMILES string of the molecule is COCC1CC2(CCN(C(=O)N(C)C)CC2)CN1c1ncccn1. The molecule has 1 unspecified atom stereocenters. The Kier molecular flexibility index (Phi) is 4.89. The zero-order valence-corrected chi connectivity index (χ0v) is 14.8. The molecule has 2 aliphatic rings. The van der Waals surface area contributed by atoms with E-state index in [0.717, 1.165) is 44.8 Å². The molecule has 0 aliphatic carbocycles. The highest BCUT2D eigenvalue weighted by atomic mass is 16.5. The van der Waals surface area contributed by atoms with Gasteiger partial charge in [0.1, 0.15) is 0 Å². The highest BCUT2D eigenvalue weighted by Crippen LogP contribution is 2.44. The van der Waals surface area contributed by atoms with E-state index >= 15 is 0 Å². The number of ether oxygens (including phenoxy) is 1. The van der Waals surface area contributed by atoms with E-state index in [9.17, 15) is 4.79 Å². The average molecular weight is 333 g/mol. The minimum absolute atomic E-state index is 0.111. The first-order valence-corrected chi connectivity index (χ1v) is 8.53. The van der Waals surface area contributed by atoms with E-state index in [-0.39, 0.29) is 11.4 Å². The molecule has 1 aromatic rings. The number of hydrogen-bond donors (Lipinski definition) is 0. The van der Waals surface area contributed by atoms with Gasteiger partial charge >= 0.3 is 6.03 Å². The van der Waals surface area contributed by atoms with E-state index in [4.69, 9.17) is 4.74 Å². The smallest absolute Gasteiger partial charge is 0.319 e. The number of amides is 2. The summed E-state index contributed by atoms with van der Waals surface area (Å²) in [6.45, 7) is 3.26. The molecular formula is C17H27N5O2. The third-order valence-corrected chi connectivity index (χ3v) is 5.26. The Morgan fingerprint density at radius 1 is 1.33 bits per heavy atom. The number of likely N-dealkylation sites (tertiary alicyclic amines) is 1. The highest BCUT2D eigenvalue weighted by Gasteiger charge is 2.46. The number of carbonyl (C=O) groups excluding carboxylic acids is 1. The van der Waals surface area contributed by atoms with Gasteiger partial charge in [-0.15, -0.1) is 0 Å². The van der Waals surface area contributed by atoms with E-state index < -0.39 is 0 Å². The second kappa shape index (κ2) is 6.93. The highest BCUT2D eigenvalue weighted by molar-refractivity contribution is 5.73. The van der Waals surface area contributed by atoms with Crippen LogP contribution in [0.25, 0.3) is 0 Å². The lowest BCUT2D eigenvalue weighted by Gasteiger charge is -2.40. The molecule has 0 saturated carbocycles. The van der Waals surface area contributed by atoms with Crippen LogP contribution in [-0.2, 0) is 4.74 Å². The third kappa shape index (κ3) is 3.31. The largest absolute Gasteiger partial charge is 0.383 e. The normalized spacial score (nSPS) is 22.9. The van der Waals surface area contributed by atoms with Gasteiger partial charge < -0.3 is 19.4 Å². The van der Waals surface area contributed by atoms with E-state index in [0.29, 0.717) is 12.6 Å². The van der Waals surface area contributed by atoms with Crippen LogP contribution >= 0.6 is 0 Å². The molecule has 7 heteroatoms. The lowest BCUT2D eigenvalue weighted by atomic mass is 9.76. The number of piperidine rings is 1. The molecule has 1 spiro atoms. The first-order chi connectivity index (χ1) is 11.5. The zero-order chi connectivity index (χ0) is 17.2. The van der Waals surface area contributed by atoms with Gasteiger partial charge in [-0.3, -0.25) is 0 Å². The molecule has 3 heterocycles. The van der Waals surface area contributed by atoms with E-state index in [1.807, 2.05) is 25.1 Å². The predicted molar refractivity (Wildman–Crippen MR) is 92.0 cm³/mol. The number of hydrogen-bond acceptors (Lipinski definition) is 5. The fraction of sp³-hybridized carbons (Fsp3) is 0.706. The van der Waals surface area contributed by atoms with Crippen molar-refractivity contribution < 1.29 is 9.53 Å². The summed E-state index contributed by atoms with van der Waals surface area (Å²) in [5.74, 6) is 0.781. The molecule has 2 fully saturated rings. The van der Waals surface area contributed by atoms with Gasteiger partial charge in [0, 0.05) is 53.2 Å². The van der Waals surface area contributed by atoms with Crippen molar-refractivity contribution in [2.45, 2.75) is 25.3 Å². The molecule has 7 nitrogen and oxygen atoms in total. The second-order valence-electron chi connectivity index (χ2n) is 7.15. The standard InChI is InChI=1S/C17H27N5O2/c1-20(2)16(23)21-9-5-17(6-10-21)11-14(12-24-3)22(13-17)15-18-7-4-8-19-15/h4,7-8,14H,5-6,9-13H2,1-3H3. The van der Waals surface area contributed by atoms with Gasteiger partial charge in [-0.05, 0) is 30.7 Å². The Morgan fingerprint density at radius 2 is 2.00 bits per heavy atom. The van der Waals surface area contributed by atoms with Crippen LogP contribution < -0.4 is 4.90 Å². The minimum Gasteiger partial charge on any atom is -0.383 e. The molecule has 3 rings (SSSR count). The van der Waals surface area contributed by atoms with Gasteiger partial charge in [-0.2, -0.15) is 0 Å². The first kappa shape index (κ1) is 17.0. The minimum atomic E-state index is 0.111. The van der Waals surface area contributed by atoms with Crippen molar-refractivity contribution in [3.05, 3.63) is 18.5 Å². The summed E-state index contributed by atoms with van der Waals surface area (Å²) in [5, 5.41) is 0. The summed E-state index contributed by atoms with van der Waals surface area (Å²) in [6, 6.07) is 2.25. The Hall–Kier alpha value is -1.89. The zero-order valence-electron chi connectivity index (χ0n) is 14.8. The molecule has 2 aliphatic heterocycles. The summed E-state index contributed by atoms with van der Waals surface area (Å²) in [6.07, 6.45) is 6.69. The van der Waals surface area contributed by atoms with Gasteiger partial charge in [-0.1, -0.05) is 0 Å². The molecule has 0 N–H and O–H groups in total. The van der Waals surface area contributed by atoms with Gasteiger partial charge in [-0.25, -0.2) is 14.8 Å². The van der Waals surface area contributed by atoms with Gasteiger partial charge in [0.2, 0.25) is 5.95 Å². The number of anilines is 1. The van der Waals surface area contributed by atoms with Crippen molar-refractivity contribution in [2.24, 2.45) is 5.41 Å². The summed E-state index contributed by atoms with van der Waals surface area (Å²) in [5.41, 5.74) is 0.228. The molecule has 24 heavy (non-hydrogen) atoms. The Balaban J connectivity index is 1.71. The first-order valence-electron chi connectivity index (χ1n) is 8.53. The maximum absolute atomic E-state index is 12.2. The fourth-order valence-corrected chi connectivity index (χ4v) is 4.00. The molecule has 1 aromatic heterocycles. The van der Waals surface area contributed by atoms with Crippen LogP contribution in [0.2, 0.25) is 0 Å². The molecular weight excluding hydrogens is 306 g/mol. The van der Waals surface area contributed by atoms with Gasteiger partial charge in [0.05, 0.1) is 12.6 Å². The topological polar surface area (TPSA) is 61.8 Å². The third-order valence-electron chi connectivity index (χ3n) is 5.26.